The summed E-state index contributed by atoms with van der Waals surface area (Å²) in [5.41, 5.74) is 0.957. The molecule has 10 nitrogen and oxygen atoms in total. The van der Waals surface area contributed by atoms with Crippen LogP contribution < -0.4 is 11.1 Å². The van der Waals surface area contributed by atoms with Crippen LogP contribution in [0.25, 0.3) is 44.4 Å². The molecule has 6 aromatic rings. The zero-order chi connectivity index (χ0) is 34.1. The molecule has 4 aromatic heterocycles. The van der Waals surface area contributed by atoms with E-state index in [1.807, 2.05) is 30.3 Å². The summed E-state index contributed by atoms with van der Waals surface area (Å²) >= 11 is 0. The smallest absolute Gasteiger partial charge is 0.393 e. The first-order valence-electron chi connectivity index (χ1n) is 14.9. The maximum Gasteiger partial charge on any atom is 0.504 e. The SMILES string of the molecule is Cc1ccc(S(=O)(=O)n2c(-c3cnn(C(F)(F)F)c3)cc3c(-c4cc(=O)n(C5CC(O)C5)cc4-c4ccccc4)cn(C)c(=O)c32)cc1. The second-order valence-corrected chi connectivity index (χ2v) is 13.8. The van der Waals surface area contributed by atoms with Gasteiger partial charge in [0.15, 0.2) is 0 Å². The molecule has 0 spiro atoms. The quantitative estimate of drug-likeness (QED) is 0.252. The van der Waals surface area contributed by atoms with Crippen LogP contribution in [0, 0.1) is 6.92 Å². The maximum atomic E-state index is 14.3. The lowest BCUT2D eigenvalue weighted by atomic mass is 9.88. The van der Waals surface area contributed by atoms with Crippen molar-refractivity contribution >= 4 is 20.9 Å². The van der Waals surface area contributed by atoms with Crippen LogP contribution in [0.2, 0.25) is 0 Å². The van der Waals surface area contributed by atoms with Gasteiger partial charge in [0.1, 0.15) is 5.52 Å². The summed E-state index contributed by atoms with van der Waals surface area (Å²) < 4.78 is 72.8. The number of benzene rings is 2. The van der Waals surface area contributed by atoms with Crippen LogP contribution in [-0.4, -0.2) is 42.5 Å². The Kier molecular flexibility index (Phi) is 7.33. The van der Waals surface area contributed by atoms with Gasteiger partial charge < -0.3 is 14.2 Å². The Morgan fingerprint density at radius 2 is 1.56 bits per heavy atom. The van der Waals surface area contributed by atoms with E-state index in [0.29, 0.717) is 35.7 Å². The van der Waals surface area contributed by atoms with E-state index >= 15 is 0 Å². The minimum Gasteiger partial charge on any atom is -0.393 e. The van der Waals surface area contributed by atoms with Crippen LogP contribution >= 0.6 is 0 Å². The van der Waals surface area contributed by atoms with Crippen molar-refractivity contribution in [3.05, 3.63) is 118 Å². The Hall–Kier alpha value is -5.21. The number of pyridine rings is 2. The van der Waals surface area contributed by atoms with Gasteiger partial charge in [-0.3, -0.25) is 9.59 Å². The predicted molar refractivity (Wildman–Crippen MR) is 173 cm³/mol. The fraction of sp³-hybridized carbons (Fsp3) is 0.206. The minimum absolute atomic E-state index is 0.108. The standard InChI is InChI=1S/C34H28F3N5O5S/c1-20-8-10-25(11-9-20)48(46,47)42-30(22-16-38-41(17-22)34(35,36)37)14-27-29(18-39(2)33(45)32(27)42)26-15-31(44)40(23-12-24(43)13-23)19-28(26)21-6-4-3-5-7-21/h3-11,14-19,23-24,43H,12-13H2,1-2H3. The highest BCUT2D eigenvalue weighted by atomic mass is 32.2. The van der Waals surface area contributed by atoms with Crippen molar-refractivity contribution < 1.29 is 26.7 Å². The molecule has 1 aliphatic carbocycles. The van der Waals surface area contributed by atoms with Gasteiger partial charge in [0.05, 0.1) is 22.9 Å². The molecular formula is C34H28F3N5O5S. The van der Waals surface area contributed by atoms with Gasteiger partial charge in [-0.15, -0.1) is 13.2 Å². The molecule has 0 saturated heterocycles. The van der Waals surface area contributed by atoms with Crippen molar-refractivity contribution in [2.75, 3.05) is 0 Å². The van der Waals surface area contributed by atoms with E-state index in [9.17, 15) is 36.3 Å². The van der Waals surface area contributed by atoms with Gasteiger partial charge in [0, 0.05) is 59.8 Å². The highest BCUT2D eigenvalue weighted by Gasteiger charge is 2.34. The van der Waals surface area contributed by atoms with Crippen molar-refractivity contribution in [2.24, 2.45) is 7.05 Å². The average molecular weight is 676 g/mol. The van der Waals surface area contributed by atoms with E-state index in [4.69, 9.17) is 0 Å². The van der Waals surface area contributed by atoms with E-state index in [-0.39, 0.29) is 43.3 Å². The fourth-order valence-corrected chi connectivity index (χ4v) is 7.68. The second-order valence-electron chi connectivity index (χ2n) is 12.0. The largest absolute Gasteiger partial charge is 0.504 e. The van der Waals surface area contributed by atoms with Gasteiger partial charge in [-0.05, 0) is 49.1 Å². The number of aryl methyl sites for hydroxylation is 2. The van der Waals surface area contributed by atoms with E-state index in [1.165, 1.54) is 42.1 Å². The number of nitrogens with zero attached hydrogens (tertiary/aromatic N) is 5. The summed E-state index contributed by atoms with van der Waals surface area (Å²) in [6.07, 6.45) is 0.139. The Balaban J connectivity index is 1.58. The van der Waals surface area contributed by atoms with Crippen LogP contribution in [0.15, 0.2) is 106 Å². The number of rotatable bonds is 6. The number of aliphatic hydroxyl groups excluding tert-OH is 1. The number of hydrogen-bond acceptors (Lipinski definition) is 6. The monoisotopic (exact) mass is 675 g/mol. The van der Waals surface area contributed by atoms with Crippen LogP contribution in [0.3, 0.4) is 0 Å². The lowest BCUT2D eigenvalue weighted by Gasteiger charge is -2.33. The van der Waals surface area contributed by atoms with Gasteiger partial charge in [-0.1, -0.05) is 48.0 Å². The third kappa shape index (κ3) is 5.17. The van der Waals surface area contributed by atoms with E-state index < -0.39 is 28.0 Å². The zero-order valence-electron chi connectivity index (χ0n) is 25.6. The molecule has 246 valence electrons. The van der Waals surface area contributed by atoms with Crippen LogP contribution in [0.1, 0.15) is 24.4 Å². The highest BCUT2D eigenvalue weighted by Crippen LogP contribution is 2.40. The number of hydrogen-bond donors (Lipinski definition) is 1. The summed E-state index contributed by atoms with van der Waals surface area (Å²) in [5, 5.41) is 13.4. The Morgan fingerprint density at radius 1 is 0.875 bits per heavy atom. The molecule has 0 unspecified atom stereocenters. The van der Waals surface area contributed by atoms with Crippen molar-refractivity contribution in [2.45, 2.75) is 43.1 Å². The molecule has 0 amide bonds. The number of aliphatic hydroxyl groups is 1. The Labute approximate surface area is 271 Å². The number of fused-ring (bicyclic) bond motifs is 1. The first kappa shape index (κ1) is 31.4. The van der Waals surface area contributed by atoms with Crippen LogP contribution in [0.4, 0.5) is 13.2 Å². The summed E-state index contributed by atoms with van der Waals surface area (Å²) in [6, 6.07) is 17.5. The van der Waals surface area contributed by atoms with Crippen molar-refractivity contribution in [1.82, 2.24) is 22.9 Å². The third-order valence-electron chi connectivity index (χ3n) is 8.73. The normalized spacial score (nSPS) is 16.7. The van der Waals surface area contributed by atoms with E-state index in [1.54, 1.807) is 29.8 Å². The van der Waals surface area contributed by atoms with Gasteiger partial charge >= 0.3 is 6.30 Å². The van der Waals surface area contributed by atoms with Gasteiger partial charge in [0.25, 0.3) is 21.1 Å². The average Bonchev–Trinajstić information content (AvgIpc) is 3.69. The first-order chi connectivity index (χ1) is 22.7. The first-order valence-corrected chi connectivity index (χ1v) is 16.4. The van der Waals surface area contributed by atoms with Crippen molar-refractivity contribution in [3.8, 4) is 33.5 Å². The highest BCUT2D eigenvalue weighted by molar-refractivity contribution is 7.90. The Morgan fingerprint density at radius 3 is 2.19 bits per heavy atom. The summed E-state index contributed by atoms with van der Waals surface area (Å²) in [5.74, 6) is 0. The van der Waals surface area contributed by atoms with Crippen molar-refractivity contribution in [3.63, 3.8) is 0 Å². The predicted octanol–water partition coefficient (Wildman–Crippen LogP) is 5.42. The summed E-state index contributed by atoms with van der Waals surface area (Å²) in [4.78, 5) is 27.3. The molecule has 1 saturated carbocycles. The molecule has 2 aromatic carbocycles. The number of aromatic nitrogens is 5. The number of halogens is 3. The summed E-state index contributed by atoms with van der Waals surface area (Å²) in [6.45, 7) is 1.77. The molecule has 0 radical (unpaired) electrons. The molecule has 0 atom stereocenters. The molecule has 1 aliphatic rings. The second kappa shape index (κ2) is 11.2. The maximum absolute atomic E-state index is 14.3. The zero-order valence-corrected chi connectivity index (χ0v) is 26.4. The van der Waals surface area contributed by atoms with Gasteiger partial charge in [0.2, 0.25) is 0 Å². The molecule has 48 heavy (non-hydrogen) atoms. The topological polar surface area (TPSA) is 121 Å². The minimum atomic E-state index is -4.88. The third-order valence-corrected chi connectivity index (χ3v) is 10.5. The molecule has 0 aliphatic heterocycles. The molecule has 0 bridgehead atoms. The summed E-state index contributed by atoms with van der Waals surface area (Å²) in [7, 11) is -3.14. The Bertz CT molecular complexity index is 2440. The fourth-order valence-electron chi connectivity index (χ4n) is 6.15. The van der Waals surface area contributed by atoms with Crippen LogP contribution in [0.5, 0.6) is 0 Å². The molecule has 14 heteroatoms. The van der Waals surface area contributed by atoms with Gasteiger partial charge in [-0.2, -0.15) is 9.78 Å². The van der Waals surface area contributed by atoms with E-state index in [2.05, 4.69) is 5.10 Å². The van der Waals surface area contributed by atoms with Gasteiger partial charge in [-0.25, -0.2) is 12.4 Å². The molecule has 1 N–H and O–H groups in total. The lowest BCUT2D eigenvalue weighted by molar-refractivity contribution is -0.212. The molecule has 4 heterocycles. The lowest BCUT2D eigenvalue weighted by Crippen LogP contribution is -2.36. The molecule has 7 rings (SSSR count). The van der Waals surface area contributed by atoms with E-state index in [0.717, 1.165) is 21.3 Å². The molecular weight excluding hydrogens is 647 g/mol. The molecule has 1 fully saturated rings. The number of alkyl halides is 3. The van der Waals surface area contributed by atoms with Crippen molar-refractivity contribution in [1.29, 1.82) is 0 Å². The van der Waals surface area contributed by atoms with Crippen LogP contribution in [-0.2, 0) is 23.4 Å².